The monoisotopic (exact) mass is 167 g/mol. The van der Waals surface area contributed by atoms with E-state index in [0.29, 0.717) is 0 Å². The lowest BCUT2D eigenvalue weighted by atomic mass is 10.3. The quantitative estimate of drug-likeness (QED) is 0.645. The topological polar surface area (TPSA) is 30.7 Å². The molecular formula is C7H9N3S. The average molecular weight is 167 g/mol. The van der Waals surface area contributed by atoms with Crippen molar-refractivity contribution >= 4 is 21.7 Å². The Bertz CT molecular complexity index is 374. The van der Waals surface area contributed by atoms with E-state index in [1.54, 1.807) is 11.3 Å². The maximum absolute atomic E-state index is 4.33. The van der Waals surface area contributed by atoms with Gasteiger partial charge in [0.05, 0.1) is 11.2 Å². The van der Waals surface area contributed by atoms with Crippen LogP contribution in [0.25, 0.3) is 10.3 Å². The fourth-order valence-electron chi connectivity index (χ4n) is 1.18. The largest absolute Gasteiger partial charge is 0.256 e. The van der Waals surface area contributed by atoms with Crippen molar-refractivity contribution in [1.29, 1.82) is 0 Å². The smallest absolute Gasteiger partial charge is 0.141 e. The first-order valence-electron chi connectivity index (χ1n) is 3.58. The molecule has 0 radical (unpaired) electrons. The highest BCUT2D eigenvalue weighted by atomic mass is 32.1. The molecule has 0 fully saturated rings. The minimum absolute atomic E-state index is 0.959. The molecule has 0 saturated carbocycles. The maximum atomic E-state index is 4.33. The van der Waals surface area contributed by atoms with Gasteiger partial charge in [-0.2, -0.15) is 5.10 Å². The van der Waals surface area contributed by atoms with Gasteiger partial charge < -0.3 is 0 Å². The Morgan fingerprint density at radius 3 is 3.18 bits per heavy atom. The Balaban J connectivity index is 2.80. The van der Waals surface area contributed by atoms with Gasteiger partial charge in [-0.25, -0.2) is 4.98 Å². The van der Waals surface area contributed by atoms with E-state index in [-0.39, 0.29) is 0 Å². The second-order valence-corrected chi connectivity index (χ2v) is 3.26. The Morgan fingerprint density at radius 2 is 2.45 bits per heavy atom. The molecule has 0 aromatic carbocycles. The number of thiazole rings is 1. The van der Waals surface area contributed by atoms with Crippen LogP contribution in [0.3, 0.4) is 0 Å². The summed E-state index contributed by atoms with van der Waals surface area (Å²) in [5.74, 6) is 0. The van der Waals surface area contributed by atoms with E-state index in [4.69, 9.17) is 0 Å². The lowest BCUT2D eigenvalue weighted by Gasteiger charge is -1.85. The van der Waals surface area contributed by atoms with Crippen molar-refractivity contribution in [1.82, 2.24) is 14.8 Å². The van der Waals surface area contributed by atoms with Gasteiger partial charge in [0.1, 0.15) is 10.3 Å². The lowest BCUT2D eigenvalue weighted by Crippen LogP contribution is -1.89. The van der Waals surface area contributed by atoms with Crippen LogP contribution in [0.2, 0.25) is 0 Å². The van der Waals surface area contributed by atoms with Gasteiger partial charge in [0.15, 0.2) is 0 Å². The van der Waals surface area contributed by atoms with Crippen molar-refractivity contribution in [3.8, 4) is 0 Å². The highest BCUT2D eigenvalue weighted by molar-refractivity contribution is 7.16. The first kappa shape index (κ1) is 6.79. The van der Waals surface area contributed by atoms with Crippen molar-refractivity contribution in [2.24, 2.45) is 7.05 Å². The summed E-state index contributed by atoms with van der Waals surface area (Å²) in [5.41, 5.74) is 4.04. The summed E-state index contributed by atoms with van der Waals surface area (Å²) in [6, 6.07) is 0. The van der Waals surface area contributed by atoms with E-state index in [1.165, 1.54) is 4.83 Å². The van der Waals surface area contributed by atoms with Gasteiger partial charge in [0.25, 0.3) is 0 Å². The van der Waals surface area contributed by atoms with E-state index in [2.05, 4.69) is 17.0 Å². The standard InChI is InChI=1S/C7H9N3S/c1-3-5-6-7(10(2)9-5)11-4-8-6/h4H,3H2,1-2H3. The summed E-state index contributed by atoms with van der Waals surface area (Å²) in [6.45, 7) is 2.10. The van der Waals surface area contributed by atoms with Crippen molar-refractivity contribution in [3.63, 3.8) is 0 Å². The molecule has 0 amide bonds. The van der Waals surface area contributed by atoms with Crippen LogP contribution in [0.4, 0.5) is 0 Å². The third-order valence-corrected chi connectivity index (χ3v) is 2.61. The molecule has 0 unspecified atom stereocenters. The number of hydrogen-bond donors (Lipinski definition) is 0. The number of hydrogen-bond acceptors (Lipinski definition) is 3. The summed E-state index contributed by atoms with van der Waals surface area (Å²) in [5, 5.41) is 4.33. The number of rotatable bonds is 1. The van der Waals surface area contributed by atoms with E-state index in [0.717, 1.165) is 17.6 Å². The Hall–Kier alpha value is -0.900. The van der Waals surface area contributed by atoms with Crippen LogP contribution in [-0.2, 0) is 13.5 Å². The number of fused-ring (bicyclic) bond motifs is 1. The van der Waals surface area contributed by atoms with Crippen LogP contribution in [0.15, 0.2) is 5.51 Å². The van der Waals surface area contributed by atoms with Crippen molar-refractivity contribution in [2.75, 3.05) is 0 Å². The Kier molecular flexibility index (Phi) is 1.42. The van der Waals surface area contributed by atoms with Crippen LogP contribution >= 0.6 is 11.3 Å². The number of aryl methyl sites for hydroxylation is 2. The number of aromatic nitrogens is 3. The first-order valence-corrected chi connectivity index (χ1v) is 4.46. The predicted octanol–water partition coefficient (Wildman–Crippen LogP) is 1.59. The molecule has 2 aromatic rings. The van der Waals surface area contributed by atoms with E-state index < -0.39 is 0 Å². The second kappa shape index (κ2) is 2.30. The van der Waals surface area contributed by atoms with Gasteiger partial charge in [-0.3, -0.25) is 4.68 Å². The molecule has 2 heterocycles. The van der Waals surface area contributed by atoms with Crippen LogP contribution in [0.5, 0.6) is 0 Å². The highest BCUT2D eigenvalue weighted by Gasteiger charge is 2.07. The molecule has 0 aliphatic rings. The van der Waals surface area contributed by atoms with Gasteiger partial charge in [-0.1, -0.05) is 6.92 Å². The average Bonchev–Trinajstić information content (AvgIpc) is 2.54. The second-order valence-electron chi connectivity index (χ2n) is 2.43. The van der Waals surface area contributed by atoms with Crippen LogP contribution in [-0.4, -0.2) is 14.8 Å². The van der Waals surface area contributed by atoms with Crippen molar-refractivity contribution < 1.29 is 0 Å². The van der Waals surface area contributed by atoms with Crippen LogP contribution in [0, 0.1) is 0 Å². The fraction of sp³-hybridized carbons (Fsp3) is 0.429. The lowest BCUT2D eigenvalue weighted by molar-refractivity contribution is 0.774. The van der Waals surface area contributed by atoms with Crippen LogP contribution in [0.1, 0.15) is 12.6 Å². The predicted molar refractivity (Wildman–Crippen MR) is 45.8 cm³/mol. The highest BCUT2D eigenvalue weighted by Crippen LogP contribution is 2.20. The van der Waals surface area contributed by atoms with E-state index in [1.807, 2.05) is 17.2 Å². The zero-order valence-electron chi connectivity index (χ0n) is 6.53. The van der Waals surface area contributed by atoms with Gasteiger partial charge in [-0.05, 0) is 6.42 Å². The van der Waals surface area contributed by atoms with Crippen molar-refractivity contribution in [3.05, 3.63) is 11.2 Å². The molecule has 0 saturated heterocycles. The van der Waals surface area contributed by atoms with E-state index in [9.17, 15) is 0 Å². The molecule has 0 spiro atoms. The van der Waals surface area contributed by atoms with Gasteiger partial charge in [0, 0.05) is 7.05 Å². The maximum Gasteiger partial charge on any atom is 0.141 e. The molecule has 0 N–H and O–H groups in total. The third kappa shape index (κ3) is 0.860. The third-order valence-electron chi connectivity index (χ3n) is 1.72. The van der Waals surface area contributed by atoms with Gasteiger partial charge in [0.2, 0.25) is 0 Å². The zero-order chi connectivity index (χ0) is 7.84. The molecule has 4 heteroatoms. The molecule has 2 aromatic heterocycles. The summed E-state index contributed by atoms with van der Waals surface area (Å²) >= 11 is 1.64. The summed E-state index contributed by atoms with van der Waals surface area (Å²) in [7, 11) is 1.96. The Morgan fingerprint density at radius 1 is 1.64 bits per heavy atom. The Labute approximate surface area is 68.7 Å². The van der Waals surface area contributed by atoms with Gasteiger partial charge in [-0.15, -0.1) is 11.3 Å². The SMILES string of the molecule is CCc1nn(C)c2scnc12. The molecule has 3 nitrogen and oxygen atoms in total. The molecule has 2 rings (SSSR count). The molecule has 0 aliphatic carbocycles. The summed E-state index contributed by atoms with van der Waals surface area (Å²) in [4.78, 5) is 5.41. The normalized spacial score (nSPS) is 11.1. The fourth-order valence-corrected chi connectivity index (χ4v) is 1.91. The molecular weight excluding hydrogens is 158 g/mol. The minimum atomic E-state index is 0.959. The first-order chi connectivity index (χ1) is 5.33. The minimum Gasteiger partial charge on any atom is -0.256 e. The van der Waals surface area contributed by atoms with Crippen molar-refractivity contribution in [2.45, 2.75) is 13.3 Å². The van der Waals surface area contributed by atoms with Crippen LogP contribution < -0.4 is 0 Å². The molecule has 0 atom stereocenters. The molecule has 0 bridgehead atoms. The summed E-state index contributed by atoms with van der Waals surface area (Å²) in [6.07, 6.45) is 0.959. The summed E-state index contributed by atoms with van der Waals surface area (Å²) < 4.78 is 1.89. The molecule has 0 aliphatic heterocycles. The molecule has 58 valence electrons. The van der Waals surface area contributed by atoms with Gasteiger partial charge >= 0.3 is 0 Å². The van der Waals surface area contributed by atoms with E-state index >= 15 is 0 Å². The zero-order valence-corrected chi connectivity index (χ0v) is 7.35. The molecule has 11 heavy (non-hydrogen) atoms. The number of nitrogens with zero attached hydrogens (tertiary/aromatic N) is 3.